The molecule has 0 saturated carbocycles. The number of aromatic amines is 1. The molecule has 2 aliphatic heterocycles. The predicted octanol–water partition coefficient (Wildman–Crippen LogP) is 2.02. The van der Waals surface area contributed by atoms with Crippen molar-refractivity contribution < 1.29 is 14.3 Å². The molecule has 0 radical (unpaired) electrons. The van der Waals surface area contributed by atoms with E-state index in [4.69, 9.17) is 26.8 Å². The van der Waals surface area contributed by atoms with Crippen LogP contribution < -0.4 is 26.7 Å². The van der Waals surface area contributed by atoms with Crippen molar-refractivity contribution in [3.63, 3.8) is 0 Å². The lowest BCUT2D eigenvalue weighted by Crippen LogP contribution is -2.55. The number of amides is 1. The molecule has 10 nitrogen and oxygen atoms in total. The average molecular weight is 513 g/mol. The summed E-state index contributed by atoms with van der Waals surface area (Å²) in [7, 11) is 1.65. The van der Waals surface area contributed by atoms with Crippen molar-refractivity contribution in [3.8, 4) is 5.75 Å². The van der Waals surface area contributed by atoms with Crippen molar-refractivity contribution >= 4 is 40.0 Å². The number of nitrogens with two attached hydrogens (primary N) is 1. The van der Waals surface area contributed by atoms with Crippen molar-refractivity contribution in [3.05, 3.63) is 56.8 Å². The first-order valence-electron chi connectivity index (χ1n) is 12.0. The number of benzene rings is 2. The summed E-state index contributed by atoms with van der Waals surface area (Å²) >= 11 is 6.27. The molecule has 2 atom stereocenters. The number of piperidine rings is 1. The Bertz CT molecular complexity index is 1350. The number of nitrogen functional groups attached to an aromatic ring is 1. The predicted molar refractivity (Wildman–Crippen MR) is 139 cm³/mol. The number of fused-ring (bicyclic) bond motifs is 2. The fourth-order valence-corrected chi connectivity index (χ4v) is 5.10. The lowest BCUT2D eigenvalue weighted by molar-refractivity contribution is 0.00762. The van der Waals surface area contributed by atoms with Crippen molar-refractivity contribution in [1.82, 2.24) is 20.2 Å². The number of para-hydroxylation sites is 1. The number of anilines is 2. The molecule has 2 aliphatic rings. The number of hydrogen-bond donors (Lipinski definition) is 4. The summed E-state index contributed by atoms with van der Waals surface area (Å²) in [4.78, 5) is 34.9. The first-order valence-corrected chi connectivity index (χ1v) is 12.3. The molecule has 190 valence electrons. The lowest BCUT2D eigenvalue weighted by atomic mass is 10.00. The number of carbonyl (C=O) groups is 1. The summed E-state index contributed by atoms with van der Waals surface area (Å²) in [5.74, 6) is 0.719. The van der Waals surface area contributed by atoms with Crippen molar-refractivity contribution in [1.29, 1.82) is 0 Å². The molecule has 1 fully saturated rings. The van der Waals surface area contributed by atoms with Gasteiger partial charge in [-0.1, -0.05) is 23.7 Å². The number of methoxy groups -OCH3 is 1. The van der Waals surface area contributed by atoms with E-state index < -0.39 is 0 Å². The van der Waals surface area contributed by atoms with Gasteiger partial charge in [-0.25, -0.2) is 4.98 Å². The smallest absolute Gasteiger partial charge is 0.260 e. The molecule has 3 aromatic rings. The molecular formula is C25H29ClN6O4. The summed E-state index contributed by atoms with van der Waals surface area (Å²) in [5.41, 5.74) is 8.21. The van der Waals surface area contributed by atoms with E-state index in [0.717, 1.165) is 25.1 Å². The summed E-state index contributed by atoms with van der Waals surface area (Å²) in [6, 6.07) is 8.66. The molecule has 5 N–H and O–H groups in total. The number of aromatic nitrogens is 2. The Labute approximate surface area is 213 Å². The van der Waals surface area contributed by atoms with Crippen LogP contribution in [0.5, 0.6) is 5.75 Å². The monoisotopic (exact) mass is 512 g/mol. The number of nitrogens with one attached hydrogen (secondary N) is 3. The zero-order valence-corrected chi connectivity index (χ0v) is 20.7. The highest BCUT2D eigenvalue weighted by Gasteiger charge is 2.32. The van der Waals surface area contributed by atoms with Gasteiger partial charge in [-0.15, -0.1) is 0 Å². The van der Waals surface area contributed by atoms with Gasteiger partial charge in [-0.2, -0.15) is 0 Å². The van der Waals surface area contributed by atoms with Gasteiger partial charge in [-0.05, 0) is 24.6 Å². The molecule has 1 aromatic heterocycles. The van der Waals surface area contributed by atoms with E-state index in [1.807, 2.05) is 18.2 Å². The van der Waals surface area contributed by atoms with Crippen molar-refractivity contribution in [2.45, 2.75) is 25.0 Å². The highest BCUT2D eigenvalue weighted by molar-refractivity contribution is 6.33. The van der Waals surface area contributed by atoms with E-state index in [1.54, 1.807) is 19.2 Å². The second-order valence-electron chi connectivity index (χ2n) is 9.03. The molecule has 36 heavy (non-hydrogen) atoms. The van der Waals surface area contributed by atoms with Crippen LogP contribution in [0.15, 0.2) is 35.1 Å². The Morgan fingerprint density at radius 2 is 2.22 bits per heavy atom. The minimum atomic E-state index is -0.247. The van der Waals surface area contributed by atoms with Gasteiger partial charge in [0.15, 0.2) is 0 Å². The minimum absolute atomic E-state index is 0.154. The number of carbonyl (C=O) groups excluding carboxylic acids is 1. The molecular weight excluding hydrogens is 484 g/mol. The third-order valence-electron chi connectivity index (χ3n) is 6.81. The minimum Gasteiger partial charge on any atom is -0.492 e. The van der Waals surface area contributed by atoms with Gasteiger partial charge < -0.3 is 25.8 Å². The van der Waals surface area contributed by atoms with Crippen LogP contribution in [0.4, 0.5) is 11.6 Å². The van der Waals surface area contributed by atoms with E-state index in [-0.39, 0.29) is 23.6 Å². The lowest BCUT2D eigenvalue weighted by Gasteiger charge is -2.38. The number of ether oxygens (including phenoxy) is 2. The fourth-order valence-electron chi connectivity index (χ4n) is 4.87. The van der Waals surface area contributed by atoms with E-state index in [9.17, 15) is 9.59 Å². The highest BCUT2D eigenvalue weighted by Crippen LogP contribution is 2.38. The number of likely N-dealkylation sites (tertiary alicyclic amines) is 1. The maximum Gasteiger partial charge on any atom is 0.260 e. The maximum atomic E-state index is 13.1. The first kappa shape index (κ1) is 24.4. The van der Waals surface area contributed by atoms with Crippen LogP contribution in [-0.4, -0.2) is 72.8 Å². The Morgan fingerprint density at radius 3 is 3.06 bits per heavy atom. The molecule has 11 heteroatoms. The molecule has 3 heterocycles. The molecule has 0 bridgehead atoms. The second kappa shape index (κ2) is 10.3. The van der Waals surface area contributed by atoms with Crippen molar-refractivity contribution in [2.24, 2.45) is 0 Å². The number of nitrogens with zero attached hydrogens (tertiary/aromatic N) is 2. The van der Waals surface area contributed by atoms with Crippen LogP contribution in [0.25, 0.3) is 10.9 Å². The SMILES string of the molecule is CO[C@@H]1CN(CCNc2nc3ccccc3c(=O)[nH]2)CC[C@@H]1NC(=O)c1cc(Cl)c(N)c2c1OCC2. The number of hydrogen-bond acceptors (Lipinski definition) is 8. The van der Waals surface area contributed by atoms with Crippen LogP contribution in [0.3, 0.4) is 0 Å². The summed E-state index contributed by atoms with van der Waals surface area (Å²) < 4.78 is 11.4. The molecule has 2 aromatic carbocycles. The van der Waals surface area contributed by atoms with Gasteiger partial charge in [0.05, 0.1) is 45.9 Å². The van der Waals surface area contributed by atoms with E-state index in [1.165, 1.54) is 0 Å². The van der Waals surface area contributed by atoms with Gasteiger partial charge in [0, 0.05) is 45.3 Å². The van der Waals surface area contributed by atoms with E-state index >= 15 is 0 Å². The second-order valence-corrected chi connectivity index (χ2v) is 9.43. The Morgan fingerprint density at radius 1 is 1.39 bits per heavy atom. The van der Waals surface area contributed by atoms with Gasteiger partial charge in [0.25, 0.3) is 11.5 Å². The summed E-state index contributed by atoms with van der Waals surface area (Å²) in [5, 5.41) is 7.23. The van der Waals surface area contributed by atoms with Gasteiger partial charge in [0.2, 0.25) is 5.95 Å². The molecule has 0 spiro atoms. The number of rotatable bonds is 7. The molecule has 0 aliphatic carbocycles. The first-order chi connectivity index (χ1) is 17.4. The zero-order valence-electron chi connectivity index (χ0n) is 20.0. The van der Waals surface area contributed by atoms with Gasteiger partial charge >= 0.3 is 0 Å². The number of H-pyrrole nitrogens is 1. The van der Waals surface area contributed by atoms with Crippen LogP contribution in [0, 0.1) is 0 Å². The Hall–Kier alpha value is -3.34. The maximum absolute atomic E-state index is 13.1. The van der Waals surface area contributed by atoms with E-state index in [0.29, 0.717) is 65.0 Å². The Balaban J connectivity index is 1.17. The van der Waals surface area contributed by atoms with Crippen LogP contribution in [0.2, 0.25) is 5.02 Å². The van der Waals surface area contributed by atoms with Gasteiger partial charge in [0.1, 0.15) is 5.75 Å². The quantitative estimate of drug-likeness (QED) is 0.353. The van der Waals surface area contributed by atoms with Gasteiger partial charge in [-0.3, -0.25) is 19.5 Å². The molecule has 0 unspecified atom stereocenters. The molecule has 5 rings (SSSR count). The molecule has 1 amide bonds. The number of halogens is 1. The standard InChI is InChI=1S/C25H29ClN6O4/c1-35-20-13-32(10-8-28-25-30-18-5-3-2-4-14(18)23(33)31-25)9-6-19(20)29-24(34)16-12-17(26)21(27)15-7-11-36-22(15)16/h2-5,12,19-20H,6-11,13,27H2,1H3,(H,29,34)(H2,28,30,31,33)/t19-,20+/m0/s1. The third-order valence-corrected chi connectivity index (χ3v) is 7.12. The van der Waals surface area contributed by atoms with E-state index in [2.05, 4.69) is 25.5 Å². The Kier molecular flexibility index (Phi) is 6.99. The zero-order chi connectivity index (χ0) is 25.2. The summed E-state index contributed by atoms with van der Waals surface area (Å²) in [6.07, 6.45) is 1.18. The third kappa shape index (κ3) is 4.84. The highest BCUT2D eigenvalue weighted by atomic mass is 35.5. The average Bonchev–Trinajstić information content (AvgIpc) is 3.37. The van der Waals surface area contributed by atoms with Crippen LogP contribution >= 0.6 is 11.6 Å². The normalized spacial score (nSPS) is 19.6. The van der Waals surface area contributed by atoms with Crippen LogP contribution in [-0.2, 0) is 11.2 Å². The fraction of sp³-hybridized carbons (Fsp3) is 0.400. The summed E-state index contributed by atoms with van der Waals surface area (Å²) in [6.45, 7) is 3.25. The largest absolute Gasteiger partial charge is 0.492 e. The topological polar surface area (TPSA) is 135 Å². The molecule has 1 saturated heterocycles. The van der Waals surface area contributed by atoms with Crippen LogP contribution in [0.1, 0.15) is 22.3 Å². The van der Waals surface area contributed by atoms with Crippen molar-refractivity contribution in [2.75, 3.05) is 50.9 Å².